The highest BCUT2D eigenvalue weighted by Crippen LogP contribution is 2.35. The van der Waals surface area contributed by atoms with Gasteiger partial charge in [-0.3, -0.25) is 9.69 Å². The fraction of sp³-hybridized carbons (Fsp3) is 0.125. The maximum Gasteiger partial charge on any atom is 0.336 e. The zero-order valence-electron chi connectivity index (χ0n) is 16.5. The molecule has 1 aliphatic heterocycles. The van der Waals surface area contributed by atoms with E-state index >= 15 is 0 Å². The van der Waals surface area contributed by atoms with Crippen molar-refractivity contribution in [3.8, 4) is 0 Å². The third kappa shape index (κ3) is 3.13. The maximum atomic E-state index is 13.5. The van der Waals surface area contributed by atoms with E-state index in [1.807, 2.05) is 48.5 Å². The highest BCUT2D eigenvalue weighted by Gasteiger charge is 2.49. The molecule has 0 radical (unpaired) electrons. The molecule has 1 fully saturated rings. The summed E-state index contributed by atoms with van der Waals surface area (Å²) in [4.78, 5) is 39.6. The van der Waals surface area contributed by atoms with Gasteiger partial charge in [0.1, 0.15) is 11.1 Å². The Hall–Kier alpha value is -3.45. The normalized spacial score (nSPS) is 18.7. The summed E-state index contributed by atoms with van der Waals surface area (Å²) in [7, 11) is 0. The Balaban J connectivity index is 1.57. The van der Waals surface area contributed by atoms with E-state index in [4.69, 9.17) is 4.42 Å². The van der Waals surface area contributed by atoms with E-state index in [0.717, 1.165) is 25.7 Å². The number of nitrogens with zero attached hydrogens (tertiary/aromatic N) is 1. The number of carbonyl (C=O) groups excluding carboxylic acids is 2. The topological polar surface area (TPSA) is 79.6 Å². The van der Waals surface area contributed by atoms with Gasteiger partial charge in [-0.15, -0.1) is 0 Å². The summed E-state index contributed by atoms with van der Waals surface area (Å²) < 4.78 is 6.03. The Morgan fingerprint density at radius 3 is 2.58 bits per heavy atom. The smallest absolute Gasteiger partial charge is 0.336 e. The molecule has 1 N–H and O–H groups in total. The van der Waals surface area contributed by atoms with Gasteiger partial charge in [-0.1, -0.05) is 58.4 Å². The van der Waals surface area contributed by atoms with Crippen molar-refractivity contribution in [2.75, 3.05) is 0 Å². The summed E-state index contributed by atoms with van der Waals surface area (Å²) in [5, 5.41) is 5.41. The van der Waals surface area contributed by atoms with Crippen molar-refractivity contribution in [2.45, 2.75) is 19.0 Å². The summed E-state index contributed by atoms with van der Waals surface area (Å²) in [5.41, 5.74) is -0.0848. The highest BCUT2D eigenvalue weighted by atomic mass is 79.9. The maximum absolute atomic E-state index is 13.5. The van der Waals surface area contributed by atoms with Crippen molar-refractivity contribution >= 4 is 49.6 Å². The fourth-order valence-corrected chi connectivity index (χ4v) is 4.53. The van der Waals surface area contributed by atoms with Crippen LogP contribution in [0.25, 0.3) is 21.7 Å². The molecule has 154 valence electrons. The summed E-state index contributed by atoms with van der Waals surface area (Å²) in [6.07, 6.45) is 0. The van der Waals surface area contributed by atoms with Crippen LogP contribution in [0.3, 0.4) is 0 Å². The lowest BCUT2D eigenvalue weighted by Crippen LogP contribution is -2.41. The van der Waals surface area contributed by atoms with E-state index in [9.17, 15) is 14.4 Å². The van der Waals surface area contributed by atoms with Crippen molar-refractivity contribution in [1.82, 2.24) is 10.2 Å². The number of benzene rings is 3. The van der Waals surface area contributed by atoms with Crippen LogP contribution in [0.15, 0.2) is 80.4 Å². The Morgan fingerprint density at radius 2 is 1.74 bits per heavy atom. The molecule has 4 aromatic rings. The van der Waals surface area contributed by atoms with Gasteiger partial charge in [0.25, 0.3) is 5.91 Å². The number of rotatable bonds is 3. The van der Waals surface area contributed by atoms with Gasteiger partial charge in [0.05, 0.1) is 6.54 Å². The average molecular weight is 477 g/mol. The second-order valence-electron chi connectivity index (χ2n) is 7.70. The van der Waals surface area contributed by atoms with Gasteiger partial charge in [-0.25, -0.2) is 9.59 Å². The molecule has 0 saturated carbocycles. The minimum atomic E-state index is -1.21. The first kappa shape index (κ1) is 19.5. The van der Waals surface area contributed by atoms with Crippen LogP contribution in [0.1, 0.15) is 18.1 Å². The van der Waals surface area contributed by atoms with Gasteiger partial charge in [-0.05, 0) is 47.0 Å². The molecule has 0 spiro atoms. The molecular weight excluding hydrogens is 460 g/mol. The van der Waals surface area contributed by atoms with Crippen LogP contribution in [0.2, 0.25) is 0 Å². The van der Waals surface area contributed by atoms with E-state index in [1.54, 1.807) is 19.1 Å². The standard InChI is InChI=1S/C24H17BrN2O4/c1-24(19-8-4-6-14-5-2-3-7-17(14)19)22(29)27(23(30)26-24)13-15-11-21(28)31-20-12-16(25)9-10-18(15)20/h2-12H,13H2,1H3,(H,26,30). The Labute approximate surface area is 185 Å². The van der Waals surface area contributed by atoms with Crippen LogP contribution in [0.5, 0.6) is 0 Å². The van der Waals surface area contributed by atoms with Crippen molar-refractivity contribution < 1.29 is 14.0 Å². The van der Waals surface area contributed by atoms with Crippen LogP contribution in [0, 0.1) is 0 Å². The second-order valence-corrected chi connectivity index (χ2v) is 8.62. The molecule has 3 aromatic carbocycles. The molecule has 1 saturated heterocycles. The van der Waals surface area contributed by atoms with Gasteiger partial charge in [0.2, 0.25) is 0 Å². The fourth-order valence-electron chi connectivity index (χ4n) is 4.19. The van der Waals surface area contributed by atoms with E-state index in [0.29, 0.717) is 16.5 Å². The minimum Gasteiger partial charge on any atom is -0.423 e. The predicted octanol–water partition coefficient (Wildman–Crippen LogP) is 4.68. The Bertz CT molecular complexity index is 1440. The molecular formula is C24H17BrN2O4. The zero-order valence-corrected chi connectivity index (χ0v) is 18.1. The van der Waals surface area contributed by atoms with Gasteiger partial charge < -0.3 is 9.73 Å². The quantitative estimate of drug-likeness (QED) is 0.344. The predicted molar refractivity (Wildman–Crippen MR) is 121 cm³/mol. The number of nitrogens with one attached hydrogen (secondary N) is 1. The lowest BCUT2D eigenvalue weighted by atomic mass is 9.87. The first-order valence-corrected chi connectivity index (χ1v) is 10.5. The molecule has 6 nitrogen and oxygen atoms in total. The van der Waals surface area contributed by atoms with E-state index in [-0.39, 0.29) is 12.5 Å². The van der Waals surface area contributed by atoms with E-state index in [2.05, 4.69) is 21.2 Å². The number of halogens is 1. The van der Waals surface area contributed by atoms with Crippen LogP contribution < -0.4 is 10.9 Å². The third-order valence-corrected chi connectivity index (χ3v) is 6.22. The second kappa shape index (κ2) is 7.06. The number of hydrogen-bond donors (Lipinski definition) is 1. The lowest BCUT2D eigenvalue weighted by molar-refractivity contribution is -0.131. The SMILES string of the molecule is CC1(c2cccc3ccccc23)NC(=O)N(Cc2cc(=O)oc3cc(Br)ccc23)C1=O. The Kier molecular flexibility index (Phi) is 4.44. The summed E-state index contributed by atoms with van der Waals surface area (Å²) in [5.74, 6) is -0.368. The number of urea groups is 1. The molecule has 1 aliphatic rings. The van der Waals surface area contributed by atoms with Crippen LogP contribution in [-0.4, -0.2) is 16.8 Å². The summed E-state index contributed by atoms with van der Waals surface area (Å²) in [6, 6.07) is 19.6. The van der Waals surface area contributed by atoms with Gasteiger partial charge >= 0.3 is 11.7 Å². The zero-order chi connectivity index (χ0) is 21.8. The molecule has 3 amide bonds. The van der Waals surface area contributed by atoms with Crippen LogP contribution in [-0.2, 0) is 16.9 Å². The number of carbonyl (C=O) groups is 2. The van der Waals surface area contributed by atoms with Gasteiger partial charge in [0, 0.05) is 15.9 Å². The van der Waals surface area contributed by atoms with Gasteiger partial charge in [-0.2, -0.15) is 0 Å². The van der Waals surface area contributed by atoms with Crippen molar-refractivity contribution in [3.63, 3.8) is 0 Å². The van der Waals surface area contributed by atoms with E-state index < -0.39 is 17.2 Å². The summed E-state index contributed by atoms with van der Waals surface area (Å²) >= 11 is 3.36. The lowest BCUT2D eigenvalue weighted by Gasteiger charge is -2.24. The first-order valence-electron chi connectivity index (χ1n) is 9.71. The van der Waals surface area contributed by atoms with Crippen LogP contribution in [0.4, 0.5) is 4.79 Å². The first-order chi connectivity index (χ1) is 14.9. The van der Waals surface area contributed by atoms with Crippen molar-refractivity contribution in [1.29, 1.82) is 0 Å². The number of imide groups is 1. The number of amides is 3. The van der Waals surface area contributed by atoms with Crippen molar-refractivity contribution in [2.24, 2.45) is 0 Å². The molecule has 7 heteroatoms. The molecule has 5 rings (SSSR count). The van der Waals surface area contributed by atoms with Crippen LogP contribution >= 0.6 is 15.9 Å². The van der Waals surface area contributed by atoms with Gasteiger partial charge in [0.15, 0.2) is 0 Å². The average Bonchev–Trinajstić information content (AvgIpc) is 2.96. The highest BCUT2D eigenvalue weighted by molar-refractivity contribution is 9.10. The largest absolute Gasteiger partial charge is 0.423 e. The molecule has 1 atom stereocenters. The molecule has 1 aromatic heterocycles. The minimum absolute atomic E-state index is 0.0330. The summed E-state index contributed by atoms with van der Waals surface area (Å²) in [6.45, 7) is 1.68. The number of fused-ring (bicyclic) bond motifs is 2. The van der Waals surface area contributed by atoms with E-state index in [1.165, 1.54) is 6.07 Å². The molecule has 0 bridgehead atoms. The molecule has 2 heterocycles. The molecule has 1 unspecified atom stereocenters. The Morgan fingerprint density at radius 1 is 0.968 bits per heavy atom. The third-order valence-electron chi connectivity index (χ3n) is 5.72. The number of hydrogen-bond acceptors (Lipinski definition) is 4. The van der Waals surface area contributed by atoms with Crippen molar-refractivity contribution in [3.05, 3.63) is 92.7 Å². The molecule has 0 aliphatic carbocycles. The monoisotopic (exact) mass is 476 g/mol. The molecule has 31 heavy (non-hydrogen) atoms.